The fourth-order valence-corrected chi connectivity index (χ4v) is 1.39. The summed E-state index contributed by atoms with van der Waals surface area (Å²) >= 11 is 0. The molecule has 0 aliphatic carbocycles. The van der Waals surface area contributed by atoms with E-state index in [-0.39, 0.29) is 5.69 Å². The van der Waals surface area contributed by atoms with E-state index in [2.05, 4.69) is 10.3 Å². The molecule has 0 spiro atoms. The molecule has 2 N–H and O–H groups in total. The minimum Gasteiger partial charge on any atom is -0.381 e. The van der Waals surface area contributed by atoms with Crippen molar-refractivity contribution in [3.63, 3.8) is 0 Å². The number of aryl methyl sites for hydroxylation is 1. The standard InChI is InChI=1S/C9H9N5O2/c1-6-4-7(2-3-8(6)14(15)16)13-5-9(10)11-12-13/h2-5H,10H2,1H3. The summed E-state index contributed by atoms with van der Waals surface area (Å²) in [6, 6.07) is 4.69. The Kier molecular flexibility index (Phi) is 2.28. The van der Waals surface area contributed by atoms with Crippen LogP contribution in [0.1, 0.15) is 5.56 Å². The second kappa shape index (κ2) is 3.61. The van der Waals surface area contributed by atoms with Gasteiger partial charge in [-0.3, -0.25) is 10.1 Å². The molecule has 1 heterocycles. The number of hydrogen-bond acceptors (Lipinski definition) is 5. The summed E-state index contributed by atoms with van der Waals surface area (Å²) in [4.78, 5) is 10.2. The van der Waals surface area contributed by atoms with Gasteiger partial charge >= 0.3 is 0 Å². The van der Waals surface area contributed by atoms with Gasteiger partial charge in [0.2, 0.25) is 0 Å². The predicted octanol–water partition coefficient (Wildman–Crippen LogP) is 1.07. The molecule has 7 nitrogen and oxygen atoms in total. The molecular weight excluding hydrogens is 210 g/mol. The third kappa shape index (κ3) is 1.70. The first-order valence-corrected chi connectivity index (χ1v) is 4.51. The molecule has 0 saturated carbocycles. The molecule has 2 rings (SSSR count). The van der Waals surface area contributed by atoms with Crippen molar-refractivity contribution in [2.45, 2.75) is 6.92 Å². The number of anilines is 1. The molecule has 0 saturated heterocycles. The first-order chi connectivity index (χ1) is 7.58. The number of nitrogens with zero attached hydrogens (tertiary/aromatic N) is 4. The quantitative estimate of drug-likeness (QED) is 0.601. The van der Waals surface area contributed by atoms with Gasteiger partial charge in [-0.05, 0) is 19.1 Å². The molecule has 1 aromatic carbocycles. The molecule has 0 unspecified atom stereocenters. The molecular formula is C9H9N5O2. The molecule has 0 aliphatic heterocycles. The zero-order valence-electron chi connectivity index (χ0n) is 8.49. The van der Waals surface area contributed by atoms with Gasteiger partial charge in [-0.1, -0.05) is 5.21 Å². The lowest BCUT2D eigenvalue weighted by atomic mass is 10.2. The zero-order valence-corrected chi connectivity index (χ0v) is 8.49. The van der Waals surface area contributed by atoms with Gasteiger partial charge in [0, 0.05) is 11.6 Å². The molecule has 0 fully saturated rings. The highest BCUT2D eigenvalue weighted by molar-refractivity contribution is 5.47. The van der Waals surface area contributed by atoms with Crippen molar-refractivity contribution >= 4 is 11.5 Å². The number of aromatic nitrogens is 3. The van der Waals surface area contributed by atoms with E-state index in [0.717, 1.165) is 0 Å². The smallest absolute Gasteiger partial charge is 0.272 e. The average molecular weight is 219 g/mol. The summed E-state index contributed by atoms with van der Waals surface area (Å²) in [6.07, 6.45) is 1.54. The largest absolute Gasteiger partial charge is 0.381 e. The van der Waals surface area contributed by atoms with Gasteiger partial charge in [0.05, 0.1) is 16.8 Å². The Morgan fingerprint density at radius 1 is 1.50 bits per heavy atom. The second-order valence-corrected chi connectivity index (χ2v) is 3.32. The SMILES string of the molecule is Cc1cc(-n2cc(N)nn2)ccc1[N+](=O)[O-]. The third-order valence-electron chi connectivity index (χ3n) is 2.15. The van der Waals surface area contributed by atoms with Crippen LogP contribution in [0.4, 0.5) is 11.5 Å². The minimum absolute atomic E-state index is 0.0804. The number of nitrogen functional groups attached to an aromatic ring is 1. The summed E-state index contributed by atoms with van der Waals surface area (Å²) in [6.45, 7) is 1.67. The van der Waals surface area contributed by atoms with Gasteiger partial charge in [-0.15, -0.1) is 5.10 Å². The monoisotopic (exact) mass is 219 g/mol. The highest BCUT2D eigenvalue weighted by Gasteiger charge is 2.11. The number of nitrogens with two attached hydrogens (primary N) is 1. The highest BCUT2D eigenvalue weighted by atomic mass is 16.6. The molecule has 1 aromatic heterocycles. The van der Waals surface area contributed by atoms with Crippen LogP contribution in [0.15, 0.2) is 24.4 Å². The fraction of sp³-hybridized carbons (Fsp3) is 0.111. The van der Waals surface area contributed by atoms with Crippen molar-refractivity contribution in [2.24, 2.45) is 0 Å². The summed E-state index contributed by atoms with van der Waals surface area (Å²) < 4.78 is 1.46. The molecule has 7 heteroatoms. The van der Waals surface area contributed by atoms with Crippen molar-refractivity contribution < 1.29 is 4.92 Å². The number of benzene rings is 1. The normalized spacial score (nSPS) is 10.3. The fourth-order valence-electron chi connectivity index (χ4n) is 1.39. The van der Waals surface area contributed by atoms with Crippen LogP contribution in [-0.2, 0) is 0 Å². The molecule has 2 aromatic rings. The van der Waals surface area contributed by atoms with Gasteiger partial charge in [0.25, 0.3) is 5.69 Å². The van der Waals surface area contributed by atoms with Gasteiger partial charge in [0.1, 0.15) is 0 Å². The Morgan fingerprint density at radius 3 is 2.75 bits per heavy atom. The van der Waals surface area contributed by atoms with E-state index < -0.39 is 4.92 Å². The second-order valence-electron chi connectivity index (χ2n) is 3.32. The van der Waals surface area contributed by atoms with Crippen LogP contribution >= 0.6 is 0 Å². The molecule has 0 bridgehead atoms. The van der Waals surface area contributed by atoms with Crippen LogP contribution in [-0.4, -0.2) is 19.9 Å². The topological polar surface area (TPSA) is 99.9 Å². The predicted molar refractivity (Wildman–Crippen MR) is 57.2 cm³/mol. The van der Waals surface area contributed by atoms with E-state index in [4.69, 9.17) is 5.73 Å². The Balaban J connectivity index is 2.45. The number of hydrogen-bond donors (Lipinski definition) is 1. The molecule has 0 radical (unpaired) electrons. The lowest BCUT2D eigenvalue weighted by Crippen LogP contribution is -1.98. The van der Waals surface area contributed by atoms with E-state index in [1.165, 1.54) is 10.7 Å². The van der Waals surface area contributed by atoms with Gasteiger partial charge in [0.15, 0.2) is 5.82 Å². The van der Waals surface area contributed by atoms with Crippen molar-refractivity contribution in [3.8, 4) is 5.69 Å². The average Bonchev–Trinajstić information content (AvgIpc) is 2.64. The van der Waals surface area contributed by atoms with Crippen molar-refractivity contribution in [1.82, 2.24) is 15.0 Å². The molecule has 0 aliphatic rings. The maximum Gasteiger partial charge on any atom is 0.272 e. The minimum atomic E-state index is -0.422. The van der Waals surface area contributed by atoms with E-state index in [1.807, 2.05) is 0 Å². The Labute approximate surface area is 90.6 Å². The third-order valence-corrected chi connectivity index (χ3v) is 2.15. The van der Waals surface area contributed by atoms with Crippen molar-refractivity contribution in [1.29, 1.82) is 0 Å². The van der Waals surface area contributed by atoms with Crippen LogP contribution in [0.5, 0.6) is 0 Å². The van der Waals surface area contributed by atoms with E-state index in [0.29, 0.717) is 17.1 Å². The van der Waals surface area contributed by atoms with Gasteiger partial charge in [-0.25, -0.2) is 4.68 Å². The van der Waals surface area contributed by atoms with Gasteiger partial charge < -0.3 is 5.73 Å². The van der Waals surface area contributed by atoms with Crippen LogP contribution in [0.3, 0.4) is 0 Å². The Hall–Kier alpha value is -2.44. The number of rotatable bonds is 2. The van der Waals surface area contributed by atoms with Crippen LogP contribution in [0, 0.1) is 17.0 Å². The summed E-state index contributed by atoms with van der Waals surface area (Å²) in [5.41, 5.74) is 6.76. The maximum absolute atomic E-state index is 10.6. The van der Waals surface area contributed by atoms with Gasteiger partial charge in [-0.2, -0.15) is 0 Å². The van der Waals surface area contributed by atoms with E-state index >= 15 is 0 Å². The van der Waals surface area contributed by atoms with Crippen molar-refractivity contribution in [2.75, 3.05) is 5.73 Å². The number of nitro groups is 1. The van der Waals surface area contributed by atoms with Crippen molar-refractivity contribution in [3.05, 3.63) is 40.1 Å². The Bertz CT molecular complexity index is 549. The summed E-state index contributed by atoms with van der Waals surface area (Å²) in [5.74, 6) is 0.302. The molecule has 0 amide bonds. The summed E-state index contributed by atoms with van der Waals surface area (Å²) in [7, 11) is 0. The first-order valence-electron chi connectivity index (χ1n) is 4.51. The van der Waals surface area contributed by atoms with Crippen LogP contribution in [0.2, 0.25) is 0 Å². The number of nitro benzene ring substituents is 1. The molecule has 0 atom stereocenters. The molecule has 82 valence electrons. The lowest BCUT2D eigenvalue weighted by molar-refractivity contribution is -0.385. The highest BCUT2D eigenvalue weighted by Crippen LogP contribution is 2.20. The molecule has 16 heavy (non-hydrogen) atoms. The lowest BCUT2D eigenvalue weighted by Gasteiger charge is -2.01. The Morgan fingerprint density at radius 2 is 2.25 bits per heavy atom. The summed E-state index contributed by atoms with van der Waals surface area (Å²) in [5, 5.41) is 18.0. The van der Waals surface area contributed by atoms with Crippen LogP contribution < -0.4 is 5.73 Å². The zero-order chi connectivity index (χ0) is 11.7. The first kappa shape index (κ1) is 10.1. The maximum atomic E-state index is 10.6. The van der Waals surface area contributed by atoms with E-state index in [1.54, 1.807) is 25.3 Å². The van der Waals surface area contributed by atoms with Crippen LogP contribution in [0.25, 0.3) is 5.69 Å². The van der Waals surface area contributed by atoms with E-state index in [9.17, 15) is 10.1 Å².